The van der Waals surface area contributed by atoms with Gasteiger partial charge in [0.15, 0.2) is 0 Å². The molecule has 106 valence electrons. The molecule has 0 atom stereocenters. The first-order valence-electron chi connectivity index (χ1n) is 6.70. The van der Waals surface area contributed by atoms with Crippen molar-refractivity contribution in [3.8, 4) is 0 Å². The Morgan fingerprint density at radius 2 is 1.95 bits per heavy atom. The van der Waals surface area contributed by atoms with E-state index in [1.165, 1.54) is 16.9 Å². The Morgan fingerprint density at radius 3 is 2.60 bits per heavy atom. The standard InChI is InChI=1S/C14H18N4OS/c1-3-5-10-6-8-11(9-7-10)16-12(19)13-17-18-14(20-13)15-4-2/h6-9H,3-5H2,1-2H3,(H,15,18)(H,16,19). The number of anilines is 2. The highest BCUT2D eigenvalue weighted by atomic mass is 32.1. The number of carbonyl (C=O) groups excluding carboxylic acids is 1. The van der Waals surface area contributed by atoms with Crippen LogP contribution in [0, 0.1) is 0 Å². The van der Waals surface area contributed by atoms with Crippen molar-refractivity contribution in [3.05, 3.63) is 34.8 Å². The van der Waals surface area contributed by atoms with Crippen molar-refractivity contribution in [1.82, 2.24) is 10.2 Å². The van der Waals surface area contributed by atoms with Crippen molar-refractivity contribution in [2.45, 2.75) is 26.7 Å². The van der Waals surface area contributed by atoms with E-state index >= 15 is 0 Å². The third-order valence-electron chi connectivity index (χ3n) is 2.70. The van der Waals surface area contributed by atoms with Gasteiger partial charge in [0, 0.05) is 12.2 Å². The van der Waals surface area contributed by atoms with Gasteiger partial charge in [-0.1, -0.05) is 36.8 Å². The number of hydrogen-bond donors (Lipinski definition) is 2. The second kappa shape index (κ2) is 7.00. The molecule has 0 spiro atoms. The van der Waals surface area contributed by atoms with Crippen molar-refractivity contribution in [2.24, 2.45) is 0 Å². The lowest BCUT2D eigenvalue weighted by atomic mass is 10.1. The monoisotopic (exact) mass is 290 g/mol. The summed E-state index contributed by atoms with van der Waals surface area (Å²) >= 11 is 1.25. The summed E-state index contributed by atoms with van der Waals surface area (Å²) < 4.78 is 0. The van der Waals surface area contributed by atoms with Crippen LogP contribution >= 0.6 is 11.3 Å². The van der Waals surface area contributed by atoms with E-state index in [4.69, 9.17) is 0 Å². The van der Waals surface area contributed by atoms with Gasteiger partial charge in [-0.2, -0.15) is 0 Å². The van der Waals surface area contributed by atoms with Crippen LogP contribution in [0.3, 0.4) is 0 Å². The lowest BCUT2D eigenvalue weighted by molar-refractivity contribution is 0.102. The summed E-state index contributed by atoms with van der Waals surface area (Å²) in [4.78, 5) is 12.0. The van der Waals surface area contributed by atoms with Crippen LogP contribution in [0.4, 0.5) is 10.8 Å². The minimum absolute atomic E-state index is 0.227. The fourth-order valence-electron chi connectivity index (χ4n) is 1.77. The van der Waals surface area contributed by atoms with Crippen molar-refractivity contribution in [3.63, 3.8) is 0 Å². The number of aryl methyl sites for hydroxylation is 1. The smallest absolute Gasteiger partial charge is 0.286 e. The van der Waals surface area contributed by atoms with Gasteiger partial charge in [-0.25, -0.2) is 0 Å². The van der Waals surface area contributed by atoms with Gasteiger partial charge in [0.05, 0.1) is 0 Å². The lowest BCUT2D eigenvalue weighted by Gasteiger charge is -2.04. The van der Waals surface area contributed by atoms with Crippen LogP contribution < -0.4 is 10.6 Å². The summed E-state index contributed by atoms with van der Waals surface area (Å²) in [6.45, 7) is 4.88. The van der Waals surface area contributed by atoms with E-state index in [1.54, 1.807) is 0 Å². The van der Waals surface area contributed by atoms with Crippen LogP contribution in [0.1, 0.15) is 35.6 Å². The molecule has 1 amide bonds. The maximum Gasteiger partial charge on any atom is 0.286 e. The summed E-state index contributed by atoms with van der Waals surface area (Å²) in [5.41, 5.74) is 2.05. The highest BCUT2D eigenvalue weighted by molar-refractivity contribution is 7.17. The van der Waals surface area contributed by atoms with Crippen LogP contribution in [-0.4, -0.2) is 22.6 Å². The minimum atomic E-state index is -0.227. The molecule has 1 heterocycles. The topological polar surface area (TPSA) is 66.9 Å². The minimum Gasteiger partial charge on any atom is -0.360 e. The molecule has 0 bridgehead atoms. The fourth-order valence-corrected chi connectivity index (χ4v) is 2.47. The molecule has 0 saturated carbocycles. The molecule has 6 heteroatoms. The Labute approximate surface area is 122 Å². The summed E-state index contributed by atoms with van der Waals surface area (Å²) in [6.07, 6.45) is 2.17. The lowest BCUT2D eigenvalue weighted by Crippen LogP contribution is -2.11. The summed E-state index contributed by atoms with van der Waals surface area (Å²) in [6, 6.07) is 7.89. The number of amides is 1. The van der Waals surface area contributed by atoms with Crippen LogP contribution in [0.2, 0.25) is 0 Å². The van der Waals surface area contributed by atoms with Gasteiger partial charge in [0.2, 0.25) is 10.1 Å². The second-order valence-electron chi connectivity index (χ2n) is 4.34. The number of nitrogens with zero attached hydrogens (tertiary/aromatic N) is 2. The predicted octanol–water partition coefficient (Wildman–Crippen LogP) is 3.17. The summed E-state index contributed by atoms with van der Waals surface area (Å²) in [7, 11) is 0. The van der Waals surface area contributed by atoms with E-state index < -0.39 is 0 Å². The molecule has 0 radical (unpaired) electrons. The van der Waals surface area contributed by atoms with E-state index in [0.717, 1.165) is 25.1 Å². The summed E-state index contributed by atoms with van der Waals surface area (Å²) in [5, 5.41) is 14.7. The van der Waals surface area contributed by atoms with Crippen molar-refractivity contribution < 1.29 is 4.79 Å². The number of rotatable bonds is 6. The molecule has 0 fully saturated rings. The molecule has 5 nitrogen and oxygen atoms in total. The SMILES string of the molecule is CCCc1ccc(NC(=O)c2nnc(NCC)s2)cc1. The van der Waals surface area contributed by atoms with Crippen molar-refractivity contribution in [1.29, 1.82) is 0 Å². The predicted molar refractivity (Wildman–Crippen MR) is 82.5 cm³/mol. The largest absolute Gasteiger partial charge is 0.360 e. The second-order valence-corrected chi connectivity index (χ2v) is 5.32. The first-order chi connectivity index (χ1) is 9.72. The summed E-state index contributed by atoms with van der Waals surface area (Å²) in [5.74, 6) is -0.227. The number of aromatic nitrogens is 2. The Balaban J connectivity index is 1.99. The normalized spacial score (nSPS) is 10.3. The van der Waals surface area contributed by atoms with Crippen LogP contribution in [-0.2, 0) is 6.42 Å². The molecule has 20 heavy (non-hydrogen) atoms. The van der Waals surface area contributed by atoms with Gasteiger partial charge in [0.1, 0.15) is 0 Å². The molecule has 2 rings (SSSR count). The first-order valence-corrected chi connectivity index (χ1v) is 7.52. The van der Waals surface area contributed by atoms with Gasteiger partial charge >= 0.3 is 0 Å². The maximum atomic E-state index is 12.0. The molecule has 0 unspecified atom stereocenters. The Morgan fingerprint density at radius 1 is 1.20 bits per heavy atom. The molecule has 1 aromatic heterocycles. The third kappa shape index (κ3) is 3.77. The van der Waals surface area contributed by atoms with Gasteiger partial charge in [-0.3, -0.25) is 4.79 Å². The first kappa shape index (κ1) is 14.5. The average Bonchev–Trinajstić information content (AvgIpc) is 2.90. The number of nitrogens with one attached hydrogen (secondary N) is 2. The van der Waals surface area contributed by atoms with E-state index in [2.05, 4.69) is 27.8 Å². The van der Waals surface area contributed by atoms with Crippen LogP contribution in [0.5, 0.6) is 0 Å². The fraction of sp³-hybridized carbons (Fsp3) is 0.357. The highest BCUT2D eigenvalue weighted by Crippen LogP contribution is 2.17. The number of carbonyl (C=O) groups is 1. The van der Waals surface area contributed by atoms with Gasteiger partial charge in [0.25, 0.3) is 5.91 Å². The molecule has 0 aliphatic carbocycles. The number of benzene rings is 1. The Bertz CT molecular complexity index is 565. The molecular formula is C14H18N4OS. The molecule has 2 N–H and O–H groups in total. The highest BCUT2D eigenvalue weighted by Gasteiger charge is 2.12. The number of hydrogen-bond acceptors (Lipinski definition) is 5. The van der Waals surface area contributed by atoms with Crippen molar-refractivity contribution >= 4 is 28.1 Å². The Kier molecular flexibility index (Phi) is 5.06. The molecular weight excluding hydrogens is 272 g/mol. The zero-order valence-electron chi connectivity index (χ0n) is 11.6. The molecule has 2 aromatic rings. The van der Waals surface area contributed by atoms with Crippen molar-refractivity contribution in [2.75, 3.05) is 17.2 Å². The third-order valence-corrected chi connectivity index (χ3v) is 3.58. The molecule has 0 aliphatic heterocycles. The van der Waals surface area contributed by atoms with Crippen LogP contribution in [0.15, 0.2) is 24.3 Å². The zero-order chi connectivity index (χ0) is 14.4. The molecule has 0 aliphatic rings. The van der Waals surface area contributed by atoms with Gasteiger partial charge in [-0.15, -0.1) is 10.2 Å². The maximum absolute atomic E-state index is 12.0. The van der Waals surface area contributed by atoms with Crippen LogP contribution in [0.25, 0.3) is 0 Å². The Hall–Kier alpha value is -1.95. The zero-order valence-corrected chi connectivity index (χ0v) is 12.5. The average molecular weight is 290 g/mol. The molecule has 0 saturated heterocycles. The van der Waals surface area contributed by atoms with Gasteiger partial charge < -0.3 is 10.6 Å². The van der Waals surface area contributed by atoms with Gasteiger partial charge in [-0.05, 0) is 31.0 Å². The van der Waals surface area contributed by atoms with E-state index in [0.29, 0.717) is 10.1 Å². The van der Waals surface area contributed by atoms with E-state index in [9.17, 15) is 4.79 Å². The quantitative estimate of drug-likeness (QED) is 0.857. The molecule has 1 aromatic carbocycles. The van der Waals surface area contributed by atoms with E-state index in [-0.39, 0.29) is 5.91 Å². The van der Waals surface area contributed by atoms with E-state index in [1.807, 2.05) is 31.2 Å².